The van der Waals surface area contributed by atoms with Gasteiger partial charge in [-0.15, -0.1) is 0 Å². The second-order valence-corrected chi connectivity index (χ2v) is 7.61. The normalized spacial score (nSPS) is 21.0. The smallest absolute Gasteiger partial charge is 0.253 e. The van der Waals surface area contributed by atoms with Gasteiger partial charge in [0.2, 0.25) is 0 Å². The van der Waals surface area contributed by atoms with Crippen molar-refractivity contribution in [2.75, 3.05) is 20.3 Å². The van der Waals surface area contributed by atoms with Gasteiger partial charge < -0.3 is 20.1 Å². The van der Waals surface area contributed by atoms with Crippen LogP contribution >= 0.6 is 0 Å². The molecule has 2 N–H and O–H groups in total. The zero-order valence-electron chi connectivity index (χ0n) is 17.6. The quantitative estimate of drug-likeness (QED) is 0.717. The largest absolute Gasteiger partial charge is 0.350 e. The van der Waals surface area contributed by atoms with Gasteiger partial charge in [-0.3, -0.25) is 4.79 Å². The molecule has 0 aliphatic heterocycles. The van der Waals surface area contributed by atoms with Crippen molar-refractivity contribution in [3.8, 4) is 11.1 Å². The highest BCUT2D eigenvalue weighted by Gasteiger charge is 2.43. The van der Waals surface area contributed by atoms with E-state index < -0.39 is 5.79 Å². The third kappa shape index (κ3) is 4.86. The molecular formula is C24H32N2O3. The van der Waals surface area contributed by atoms with Gasteiger partial charge >= 0.3 is 0 Å². The molecule has 0 heterocycles. The maximum Gasteiger partial charge on any atom is 0.253 e. The van der Waals surface area contributed by atoms with E-state index in [0.29, 0.717) is 25.2 Å². The van der Waals surface area contributed by atoms with Crippen LogP contribution in [0.15, 0.2) is 54.6 Å². The predicted molar refractivity (Wildman–Crippen MR) is 116 cm³/mol. The molecule has 2 unspecified atom stereocenters. The molecular weight excluding hydrogens is 364 g/mol. The van der Waals surface area contributed by atoms with E-state index in [2.05, 4.69) is 12.1 Å². The van der Waals surface area contributed by atoms with Gasteiger partial charge in [0.15, 0.2) is 5.79 Å². The van der Waals surface area contributed by atoms with E-state index in [1.165, 1.54) is 0 Å². The Morgan fingerprint density at radius 1 is 1.03 bits per heavy atom. The van der Waals surface area contributed by atoms with Crippen LogP contribution in [0.3, 0.4) is 0 Å². The first-order valence-electron chi connectivity index (χ1n) is 10.5. The van der Waals surface area contributed by atoms with Crippen molar-refractivity contribution in [1.82, 2.24) is 4.90 Å². The Kier molecular flexibility index (Phi) is 7.06. The van der Waals surface area contributed by atoms with Crippen molar-refractivity contribution in [2.24, 2.45) is 5.73 Å². The number of carbonyl (C=O) groups excluding carboxylic acids is 1. The summed E-state index contributed by atoms with van der Waals surface area (Å²) in [5, 5.41) is 0. The van der Waals surface area contributed by atoms with Crippen molar-refractivity contribution >= 4 is 5.91 Å². The Morgan fingerprint density at radius 2 is 1.62 bits per heavy atom. The lowest BCUT2D eigenvalue weighted by atomic mass is 9.85. The van der Waals surface area contributed by atoms with E-state index in [0.717, 1.165) is 24.0 Å². The van der Waals surface area contributed by atoms with Gasteiger partial charge in [-0.2, -0.15) is 0 Å². The van der Waals surface area contributed by atoms with Gasteiger partial charge in [0.1, 0.15) is 0 Å². The first-order valence-corrected chi connectivity index (χ1v) is 10.5. The molecule has 0 spiro atoms. The van der Waals surface area contributed by atoms with Crippen LogP contribution in [0, 0.1) is 0 Å². The standard InChI is InChI=1S/C24H32N2O3/c1-4-28-24(29-5-2)16-15-22(21(25)17-24)26(3)23(27)20-13-11-19(12-14-20)18-9-7-6-8-10-18/h6-14,21-22H,4-5,15-17,25H2,1-3H3. The number of nitrogens with zero attached hydrogens (tertiary/aromatic N) is 1. The first kappa shape index (κ1) is 21.5. The second kappa shape index (κ2) is 9.53. The third-order valence-corrected chi connectivity index (χ3v) is 5.73. The molecule has 0 aromatic heterocycles. The minimum absolute atomic E-state index is 0.00891. The number of carbonyl (C=O) groups is 1. The Hall–Kier alpha value is -2.21. The molecule has 156 valence electrons. The highest BCUT2D eigenvalue weighted by molar-refractivity contribution is 5.94. The first-order chi connectivity index (χ1) is 14.0. The van der Waals surface area contributed by atoms with Gasteiger partial charge in [0.25, 0.3) is 5.91 Å². The molecule has 0 saturated heterocycles. The molecule has 2 atom stereocenters. The molecule has 3 rings (SSSR count). The zero-order valence-corrected chi connectivity index (χ0v) is 17.6. The number of ether oxygens (including phenoxy) is 2. The average molecular weight is 397 g/mol. The SMILES string of the molecule is CCOC1(OCC)CCC(N(C)C(=O)c2ccc(-c3ccccc3)cc2)C(N)C1. The minimum Gasteiger partial charge on any atom is -0.350 e. The number of hydrogen-bond acceptors (Lipinski definition) is 4. The van der Waals surface area contributed by atoms with Crippen LogP contribution < -0.4 is 5.73 Å². The fourth-order valence-corrected chi connectivity index (χ4v) is 4.28. The van der Waals surface area contributed by atoms with Crippen molar-refractivity contribution in [2.45, 2.75) is 51.0 Å². The maximum atomic E-state index is 13.1. The molecule has 1 aliphatic carbocycles. The van der Waals surface area contributed by atoms with Crippen molar-refractivity contribution in [3.63, 3.8) is 0 Å². The van der Waals surface area contributed by atoms with Crippen molar-refractivity contribution in [1.29, 1.82) is 0 Å². The summed E-state index contributed by atoms with van der Waals surface area (Å²) in [6.07, 6.45) is 2.08. The summed E-state index contributed by atoms with van der Waals surface area (Å²) < 4.78 is 11.8. The highest BCUT2D eigenvalue weighted by Crippen LogP contribution is 2.34. The predicted octanol–water partition coefficient (Wildman–Crippen LogP) is 4.07. The van der Waals surface area contributed by atoms with Crippen molar-refractivity contribution in [3.05, 3.63) is 60.2 Å². The second-order valence-electron chi connectivity index (χ2n) is 7.61. The molecule has 2 aromatic carbocycles. The van der Waals surface area contributed by atoms with Gasteiger partial charge in [-0.05, 0) is 43.5 Å². The Balaban J connectivity index is 1.68. The third-order valence-electron chi connectivity index (χ3n) is 5.73. The van der Waals surface area contributed by atoms with Gasteiger partial charge in [0.05, 0.1) is 0 Å². The molecule has 29 heavy (non-hydrogen) atoms. The van der Waals surface area contributed by atoms with Crippen LogP contribution in [-0.4, -0.2) is 48.9 Å². The van der Waals surface area contributed by atoms with E-state index in [-0.39, 0.29) is 18.0 Å². The number of amides is 1. The molecule has 5 nitrogen and oxygen atoms in total. The molecule has 1 aliphatic rings. The van der Waals surface area contributed by atoms with E-state index in [4.69, 9.17) is 15.2 Å². The van der Waals surface area contributed by atoms with E-state index >= 15 is 0 Å². The molecule has 0 radical (unpaired) electrons. The topological polar surface area (TPSA) is 64.8 Å². The zero-order chi connectivity index (χ0) is 20.9. The fourth-order valence-electron chi connectivity index (χ4n) is 4.28. The van der Waals surface area contributed by atoms with Crippen LogP contribution in [-0.2, 0) is 9.47 Å². The molecule has 0 bridgehead atoms. The van der Waals surface area contributed by atoms with Crippen LogP contribution in [0.5, 0.6) is 0 Å². The number of nitrogens with two attached hydrogens (primary N) is 1. The number of rotatable bonds is 7. The van der Waals surface area contributed by atoms with E-state index in [1.54, 1.807) is 4.90 Å². The van der Waals surface area contributed by atoms with Crippen LogP contribution in [0.2, 0.25) is 0 Å². The summed E-state index contributed by atoms with van der Waals surface area (Å²) in [6.45, 7) is 5.10. The summed E-state index contributed by atoms with van der Waals surface area (Å²) in [6, 6.07) is 17.7. The molecule has 5 heteroatoms. The summed E-state index contributed by atoms with van der Waals surface area (Å²) in [5.74, 6) is -0.633. The van der Waals surface area contributed by atoms with Crippen molar-refractivity contribution < 1.29 is 14.3 Å². The monoisotopic (exact) mass is 396 g/mol. The number of benzene rings is 2. The van der Waals surface area contributed by atoms with Gasteiger partial charge in [0, 0.05) is 50.8 Å². The van der Waals surface area contributed by atoms with Crippen LogP contribution in [0.25, 0.3) is 11.1 Å². The van der Waals surface area contributed by atoms with Crippen LogP contribution in [0.4, 0.5) is 0 Å². The highest BCUT2D eigenvalue weighted by atomic mass is 16.7. The molecule has 1 saturated carbocycles. The average Bonchev–Trinajstić information content (AvgIpc) is 2.74. The van der Waals surface area contributed by atoms with Gasteiger partial charge in [-0.25, -0.2) is 0 Å². The summed E-state index contributed by atoms with van der Waals surface area (Å²) in [4.78, 5) is 14.8. The summed E-state index contributed by atoms with van der Waals surface area (Å²) in [5.41, 5.74) is 9.38. The summed E-state index contributed by atoms with van der Waals surface area (Å²) >= 11 is 0. The van der Waals surface area contributed by atoms with Crippen LogP contribution in [0.1, 0.15) is 43.5 Å². The maximum absolute atomic E-state index is 13.1. The Morgan fingerprint density at radius 3 is 2.17 bits per heavy atom. The summed E-state index contributed by atoms with van der Waals surface area (Å²) in [7, 11) is 1.84. The minimum atomic E-state index is -0.624. The lowest BCUT2D eigenvalue weighted by Crippen LogP contribution is -2.57. The lowest BCUT2D eigenvalue weighted by molar-refractivity contribution is -0.254. The number of hydrogen-bond donors (Lipinski definition) is 1. The molecule has 1 amide bonds. The lowest BCUT2D eigenvalue weighted by Gasteiger charge is -2.45. The Labute approximate surface area is 173 Å². The fraction of sp³-hybridized carbons (Fsp3) is 0.458. The Bertz CT molecular complexity index is 786. The molecule has 1 fully saturated rings. The van der Waals surface area contributed by atoms with E-state index in [9.17, 15) is 4.79 Å². The molecule has 2 aromatic rings. The number of likely N-dealkylation sites (N-methyl/N-ethyl adjacent to an activating group) is 1. The van der Waals surface area contributed by atoms with Gasteiger partial charge in [-0.1, -0.05) is 42.5 Å². The van der Waals surface area contributed by atoms with E-state index in [1.807, 2.05) is 63.4 Å².